The van der Waals surface area contributed by atoms with Gasteiger partial charge >= 0.3 is 0 Å². The molecule has 0 saturated carbocycles. The molecule has 1 heterocycles. The standard InChI is InChI=1S/C20H21BrN2O4/c21-16-7-3-4-13(10-16)11-22-19(26)17(24)18(25)20(27)23-9-8-14-5-1-2-6-15(14)12-23/h1-7,10,17-18,24-25H,8-9,11-12H2,(H,22,26). The van der Waals surface area contributed by atoms with Crippen molar-refractivity contribution in [3.8, 4) is 0 Å². The summed E-state index contributed by atoms with van der Waals surface area (Å²) in [4.78, 5) is 26.1. The molecule has 2 unspecified atom stereocenters. The van der Waals surface area contributed by atoms with E-state index in [0.29, 0.717) is 19.5 Å². The summed E-state index contributed by atoms with van der Waals surface area (Å²) in [5.74, 6) is -1.43. The van der Waals surface area contributed by atoms with Gasteiger partial charge in [0.1, 0.15) is 0 Å². The Morgan fingerprint density at radius 2 is 1.81 bits per heavy atom. The lowest BCUT2D eigenvalue weighted by molar-refractivity contribution is -0.153. The van der Waals surface area contributed by atoms with Crippen LogP contribution in [0.25, 0.3) is 0 Å². The Labute approximate surface area is 165 Å². The van der Waals surface area contributed by atoms with E-state index < -0.39 is 24.0 Å². The Balaban J connectivity index is 1.57. The second kappa shape index (κ2) is 8.65. The normalized spacial score (nSPS) is 15.6. The van der Waals surface area contributed by atoms with Crippen LogP contribution in [0.15, 0.2) is 53.0 Å². The SMILES string of the molecule is O=C(NCc1cccc(Br)c1)C(O)C(O)C(=O)N1CCc2ccccc2C1. The summed E-state index contributed by atoms with van der Waals surface area (Å²) >= 11 is 3.34. The number of amides is 2. The second-order valence-corrected chi connectivity index (χ2v) is 7.43. The van der Waals surface area contributed by atoms with Crippen LogP contribution < -0.4 is 5.32 Å². The second-order valence-electron chi connectivity index (χ2n) is 6.52. The first-order valence-electron chi connectivity index (χ1n) is 8.69. The van der Waals surface area contributed by atoms with Crippen LogP contribution in [0.3, 0.4) is 0 Å². The van der Waals surface area contributed by atoms with Gasteiger partial charge < -0.3 is 20.4 Å². The zero-order valence-electron chi connectivity index (χ0n) is 14.6. The van der Waals surface area contributed by atoms with Crippen molar-refractivity contribution in [1.82, 2.24) is 10.2 Å². The third-order valence-corrected chi connectivity index (χ3v) is 5.11. The number of nitrogens with one attached hydrogen (secondary N) is 1. The number of benzene rings is 2. The van der Waals surface area contributed by atoms with E-state index in [4.69, 9.17) is 0 Å². The zero-order chi connectivity index (χ0) is 19.4. The quantitative estimate of drug-likeness (QED) is 0.665. The van der Waals surface area contributed by atoms with Gasteiger partial charge in [-0.05, 0) is 35.2 Å². The molecule has 1 aliphatic rings. The number of hydrogen-bond acceptors (Lipinski definition) is 4. The summed E-state index contributed by atoms with van der Waals surface area (Å²) in [5.41, 5.74) is 3.01. The number of carbonyl (C=O) groups is 2. The highest BCUT2D eigenvalue weighted by molar-refractivity contribution is 9.10. The summed E-state index contributed by atoms with van der Waals surface area (Å²) in [6.07, 6.45) is -2.93. The fraction of sp³-hybridized carbons (Fsp3) is 0.300. The fourth-order valence-corrected chi connectivity index (χ4v) is 3.54. The van der Waals surface area contributed by atoms with Crippen LogP contribution in [0.1, 0.15) is 16.7 Å². The molecule has 3 rings (SSSR count). The summed E-state index contributed by atoms with van der Waals surface area (Å²) in [6, 6.07) is 15.1. The molecule has 2 aromatic carbocycles. The molecule has 0 radical (unpaired) electrons. The summed E-state index contributed by atoms with van der Waals surface area (Å²) in [6.45, 7) is 0.991. The smallest absolute Gasteiger partial charge is 0.255 e. The average molecular weight is 433 g/mol. The van der Waals surface area contributed by atoms with Crippen molar-refractivity contribution < 1.29 is 19.8 Å². The number of carbonyl (C=O) groups excluding carboxylic acids is 2. The van der Waals surface area contributed by atoms with Gasteiger partial charge in [0.15, 0.2) is 12.2 Å². The van der Waals surface area contributed by atoms with Gasteiger partial charge in [-0.3, -0.25) is 9.59 Å². The maximum atomic E-state index is 12.5. The van der Waals surface area contributed by atoms with Gasteiger partial charge in [0, 0.05) is 24.1 Å². The van der Waals surface area contributed by atoms with Gasteiger partial charge in [-0.25, -0.2) is 0 Å². The summed E-state index contributed by atoms with van der Waals surface area (Å²) < 4.78 is 0.871. The highest BCUT2D eigenvalue weighted by Crippen LogP contribution is 2.19. The lowest BCUT2D eigenvalue weighted by Gasteiger charge is -2.31. The van der Waals surface area contributed by atoms with Gasteiger partial charge in [-0.1, -0.05) is 52.3 Å². The van der Waals surface area contributed by atoms with Crippen LogP contribution >= 0.6 is 15.9 Å². The van der Waals surface area contributed by atoms with Crippen molar-refractivity contribution in [3.05, 3.63) is 69.7 Å². The van der Waals surface area contributed by atoms with E-state index in [1.807, 2.05) is 48.5 Å². The Kier molecular flexibility index (Phi) is 6.26. The molecule has 0 saturated heterocycles. The average Bonchev–Trinajstić information content (AvgIpc) is 2.70. The molecular formula is C20H21BrN2O4. The molecule has 3 N–H and O–H groups in total. The van der Waals surface area contributed by atoms with Crippen LogP contribution in [0, 0.1) is 0 Å². The number of fused-ring (bicyclic) bond motifs is 1. The van der Waals surface area contributed by atoms with Crippen molar-refractivity contribution in [3.63, 3.8) is 0 Å². The minimum absolute atomic E-state index is 0.188. The van der Waals surface area contributed by atoms with E-state index >= 15 is 0 Å². The highest BCUT2D eigenvalue weighted by atomic mass is 79.9. The lowest BCUT2D eigenvalue weighted by atomic mass is 9.99. The topological polar surface area (TPSA) is 89.9 Å². The Hall–Kier alpha value is -2.22. The summed E-state index contributed by atoms with van der Waals surface area (Å²) in [7, 11) is 0. The van der Waals surface area contributed by atoms with Crippen LogP contribution in [-0.2, 0) is 29.1 Å². The molecule has 2 amide bonds. The Bertz CT molecular complexity index is 842. The maximum Gasteiger partial charge on any atom is 0.255 e. The first kappa shape index (κ1) is 19.5. The molecule has 0 fully saturated rings. The van der Waals surface area contributed by atoms with Crippen molar-refractivity contribution in [2.45, 2.75) is 31.7 Å². The first-order valence-corrected chi connectivity index (χ1v) is 9.49. The molecule has 142 valence electrons. The predicted octanol–water partition coefficient (Wildman–Crippen LogP) is 1.37. The first-order chi connectivity index (χ1) is 13.0. The minimum Gasteiger partial charge on any atom is -0.380 e. The molecule has 27 heavy (non-hydrogen) atoms. The molecule has 0 spiro atoms. The highest BCUT2D eigenvalue weighted by Gasteiger charge is 2.34. The summed E-state index contributed by atoms with van der Waals surface area (Å²) in [5, 5.41) is 22.8. The maximum absolute atomic E-state index is 12.5. The Morgan fingerprint density at radius 1 is 1.07 bits per heavy atom. The van der Waals surface area contributed by atoms with Crippen molar-refractivity contribution in [2.24, 2.45) is 0 Å². The van der Waals surface area contributed by atoms with E-state index in [1.54, 1.807) is 0 Å². The number of aliphatic hydroxyl groups is 2. The molecule has 2 aromatic rings. The van der Waals surface area contributed by atoms with Crippen molar-refractivity contribution >= 4 is 27.7 Å². The van der Waals surface area contributed by atoms with Gasteiger partial charge in [-0.2, -0.15) is 0 Å². The van der Waals surface area contributed by atoms with E-state index in [1.165, 1.54) is 10.5 Å². The predicted molar refractivity (Wildman–Crippen MR) is 104 cm³/mol. The third kappa shape index (κ3) is 4.74. The molecule has 2 atom stereocenters. The van der Waals surface area contributed by atoms with Gasteiger partial charge in [0.25, 0.3) is 11.8 Å². The number of halogens is 1. The van der Waals surface area contributed by atoms with Crippen LogP contribution in [0.2, 0.25) is 0 Å². The third-order valence-electron chi connectivity index (χ3n) is 4.62. The lowest BCUT2D eigenvalue weighted by Crippen LogP contribution is -2.51. The van der Waals surface area contributed by atoms with Crippen LogP contribution in [-0.4, -0.2) is 45.7 Å². The molecule has 0 bridgehead atoms. The number of nitrogens with zero attached hydrogens (tertiary/aromatic N) is 1. The monoisotopic (exact) mass is 432 g/mol. The van der Waals surface area contributed by atoms with Gasteiger partial charge in [0.05, 0.1) is 0 Å². The molecule has 0 aromatic heterocycles. The number of rotatable bonds is 5. The van der Waals surface area contributed by atoms with Gasteiger partial charge in [0.2, 0.25) is 0 Å². The number of aliphatic hydroxyl groups excluding tert-OH is 2. The van der Waals surface area contributed by atoms with E-state index in [2.05, 4.69) is 21.2 Å². The largest absolute Gasteiger partial charge is 0.380 e. The van der Waals surface area contributed by atoms with Crippen LogP contribution in [0.4, 0.5) is 0 Å². The van der Waals surface area contributed by atoms with Crippen LogP contribution in [0.5, 0.6) is 0 Å². The van der Waals surface area contributed by atoms with E-state index in [0.717, 1.165) is 15.6 Å². The van der Waals surface area contributed by atoms with Crippen molar-refractivity contribution in [1.29, 1.82) is 0 Å². The zero-order valence-corrected chi connectivity index (χ0v) is 16.2. The number of hydrogen-bond donors (Lipinski definition) is 3. The molecule has 1 aliphatic heterocycles. The minimum atomic E-state index is -1.82. The molecular weight excluding hydrogens is 412 g/mol. The van der Waals surface area contributed by atoms with E-state index in [-0.39, 0.29) is 6.54 Å². The van der Waals surface area contributed by atoms with E-state index in [9.17, 15) is 19.8 Å². The molecule has 7 heteroatoms. The molecule has 0 aliphatic carbocycles. The molecule has 6 nitrogen and oxygen atoms in total. The fourth-order valence-electron chi connectivity index (χ4n) is 3.09. The van der Waals surface area contributed by atoms with Crippen molar-refractivity contribution in [2.75, 3.05) is 6.54 Å². The Morgan fingerprint density at radius 3 is 2.56 bits per heavy atom. The van der Waals surface area contributed by atoms with Gasteiger partial charge in [-0.15, -0.1) is 0 Å².